The Balaban J connectivity index is 1.34. The Hall–Kier alpha value is -3.25. The molecule has 4 aromatic rings. The van der Waals surface area contributed by atoms with Crippen LogP contribution in [0, 0.1) is 6.92 Å². The van der Waals surface area contributed by atoms with Gasteiger partial charge in [-0.1, -0.05) is 30.3 Å². The summed E-state index contributed by atoms with van der Waals surface area (Å²) in [6.45, 7) is 2.85. The van der Waals surface area contributed by atoms with Gasteiger partial charge in [0.25, 0.3) is 5.91 Å². The van der Waals surface area contributed by atoms with Gasteiger partial charge in [0.1, 0.15) is 17.0 Å². The molecule has 0 radical (unpaired) electrons. The molecule has 2 aromatic carbocycles. The lowest BCUT2D eigenvalue weighted by molar-refractivity contribution is 0.102. The molecule has 140 valence electrons. The number of nitrogens with zero attached hydrogens (tertiary/aromatic N) is 2. The predicted octanol–water partition coefficient (Wildman–Crippen LogP) is 4.91. The van der Waals surface area contributed by atoms with Crippen molar-refractivity contribution in [1.82, 2.24) is 9.97 Å². The summed E-state index contributed by atoms with van der Waals surface area (Å²) in [4.78, 5) is 21.9. The lowest BCUT2D eigenvalue weighted by atomic mass is 10.1. The monoisotopic (exact) mass is 388 g/mol. The minimum Gasteiger partial charge on any atom is -0.369 e. The van der Waals surface area contributed by atoms with Gasteiger partial charge in [0, 0.05) is 17.8 Å². The van der Waals surface area contributed by atoms with Crippen molar-refractivity contribution in [3.8, 4) is 0 Å². The molecule has 0 spiro atoms. The molecule has 0 saturated heterocycles. The van der Waals surface area contributed by atoms with Crippen molar-refractivity contribution in [2.45, 2.75) is 13.3 Å². The van der Waals surface area contributed by atoms with Crippen molar-refractivity contribution in [3.05, 3.63) is 83.0 Å². The van der Waals surface area contributed by atoms with Gasteiger partial charge >= 0.3 is 0 Å². The minimum absolute atomic E-state index is 0.103. The summed E-state index contributed by atoms with van der Waals surface area (Å²) in [5, 5.41) is 9.54. The van der Waals surface area contributed by atoms with Crippen LogP contribution in [-0.2, 0) is 6.42 Å². The van der Waals surface area contributed by atoms with E-state index in [0.717, 1.165) is 34.7 Å². The summed E-state index contributed by atoms with van der Waals surface area (Å²) < 4.78 is 0. The molecule has 0 aliphatic rings. The first-order valence-electron chi connectivity index (χ1n) is 9.09. The fourth-order valence-electron chi connectivity index (χ4n) is 3.02. The van der Waals surface area contributed by atoms with Crippen molar-refractivity contribution >= 4 is 39.0 Å². The zero-order valence-corrected chi connectivity index (χ0v) is 16.3. The molecule has 0 atom stereocenters. The third-order valence-electron chi connectivity index (χ3n) is 4.51. The van der Waals surface area contributed by atoms with E-state index in [1.165, 1.54) is 11.1 Å². The van der Waals surface area contributed by atoms with Crippen LogP contribution in [0.4, 0.5) is 11.5 Å². The molecule has 2 aromatic heterocycles. The summed E-state index contributed by atoms with van der Waals surface area (Å²) in [6.07, 6.45) is 2.46. The van der Waals surface area contributed by atoms with Gasteiger partial charge in [-0.2, -0.15) is 0 Å². The average molecular weight is 388 g/mol. The maximum Gasteiger partial charge on any atom is 0.255 e. The number of thiophene rings is 1. The SMILES string of the molecule is Cc1csc2ncnc(NCCc3ccc(NC(=O)c4ccccc4)cc3)c12. The number of nitrogens with one attached hydrogen (secondary N) is 2. The zero-order chi connectivity index (χ0) is 19.3. The van der Waals surface area contributed by atoms with Crippen LogP contribution in [0.5, 0.6) is 0 Å². The second-order valence-corrected chi connectivity index (χ2v) is 7.37. The van der Waals surface area contributed by atoms with E-state index < -0.39 is 0 Å². The van der Waals surface area contributed by atoms with E-state index in [0.29, 0.717) is 5.56 Å². The lowest BCUT2D eigenvalue weighted by Crippen LogP contribution is -2.11. The Morgan fingerprint density at radius 3 is 2.61 bits per heavy atom. The highest BCUT2D eigenvalue weighted by atomic mass is 32.1. The Morgan fingerprint density at radius 1 is 1.04 bits per heavy atom. The number of aryl methyl sites for hydroxylation is 1. The number of hydrogen-bond donors (Lipinski definition) is 2. The largest absolute Gasteiger partial charge is 0.369 e. The van der Waals surface area contributed by atoms with Crippen LogP contribution >= 0.6 is 11.3 Å². The first-order chi connectivity index (χ1) is 13.7. The van der Waals surface area contributed by atoms with E-state index in [1.807, 2.05) is 42.5 Å². The molecule has 28 heavy (non-hydrogen) atoms. The van der Waals surface area contributed by atoms with Crippen molar-refractivity contribution in [2.75, 3.05) is 17.2 Å². The zero-order valence-electron chi connectivity index (χ0n) is 15.5. The first kappa shape index (κ1) is 18.1. The second-order valence-electron chi connectivity index (χ2n) is 6.51. The van der Waals surface area contributed by atoms with Crippen LogP contribution in [0.3, 0.4) is 0 Å². The Bertz CT molecular complexity index is 1090. The highest BCUT2D eigenvalue weighted by molar-refractivity contribution is 7.17. The average Bonchev–Trinajstić information content (AvgIpc) is 3.12. The smallest absolute Gasteiger partial charge is 0.255 e. The summed E-state index contributed by atoms with van der Waals surface area (Å²) in [6, 6.07) is 17.1. The van der Waals surface area contributed by atoms with Crippen LogP contribution in [-0.4, -0.2) is 22.4 Å². The molecule has 0 aliphatic carbocycles. The Morgan fingerprint density at radius 2 is 1.82 bits per heavy atom. The van der Waals surface area contributed by atoms with E-state index in [4.69, 9.17) is 0 Å². The molecule has 0 bridgehead atoms. The van der Waals surface area contributed by atoms with Crippen LogP contribution in [0.2, 0.25) is 0 Å². The van der Waals surface area contributed by atoms with Gasteiger partial charge in [-0.25, -0.2) is 9.97 Å². The Kier molecular flexibility index (Phi) is 5.30. The lowest BCUT2D eigenvalue weighted by Gasteiger charge is -2.09. The fourth-order valence-corrected chi connectivity index (χ4v) is 3.91. The summed E-state index contributed by atoms with van der Waals surface area (Å²) >= 11 is 1.64. The highest BCUT2D eigenvalue weighted by Crippen LogP contribution is 2.28. The normalized spacial score (nSPS) is 10.8. The van der Waals surface area contributed by atoms with Gasteiger partial charge in [-0.3, -0.25) is 4.79 Å². The third kappa shape index (κ3) is 4.02. The van der Waals surface area contributed by atoms with Crippen LogP contribution in [0.25, 0.3) is 10.2 Å². The molecule has 1 amide bonds. The maximum atomic E-state index is 12.2. The number of aromatic nitrogens is 2. The molecular weight excluding hydrogens is 368 g/mol. The third-order valence-corrected chi connectivity index (χ3v) is 5.51. The molecule has 0 aliphatic heterocycles. The summed E-state index contributed by atoms with van der Waals surface area (Å²) in [7, 11) is 0. The van der Waals surface area contributed by atoms with E-state index in [-0.39, 0.29) is 5.91 Å². The molecule has 6 heteroatoms. The number of amides is 1. The molecule has 2 N–H and O–H groups in total. The van der Waals surface area contributed by atoms with Gasteiger partial charge in [0.15, 0.2) is 0 Å². The molecular formula is C22H20N4OS. The first-order valence-corrected chi connectivity index (χ1v) is 9.97. The quantitative estimate of drug-likeness (QED) is 0.493. The number of carbonyl (C=O) groups is 1. The summed E-state index contributed by atoms with van der Waals surface area (Å²) in [5.41, 5.74) is 3.83. The molecule has 4 rings (SSSR count). The molecule has 0 fully saturated rings. The van der Waals surface area contributed by atoms with Gasteiger partial charge in [-0.15, -0.1) is 11.3 Å². The van der Waals surface area contributed by atoms with Crippen molar-refractivity contribution < 1.29 is 4.79 Å². The minimum atomic E-state index is -0.103. The van der Waals surface area contributed by atoms with Gasteiger partial charge < -0.3 is 10.6 Å². The van der Waals surface area contributed by atoms with Crippen molar-refractivity contribution in [3.63, 3.8) is 0 Å². The standard InChI is InChI=1S/C22H20N4OS/c1-15-13-28-22-19(15)20(24-14-25-22)23-12-11-16-7-9-18(10-8-16)26-21(27)17-5-3-2-4-6-17/h2-10,13-14H,11-12H2,1H3,(H,26,27)(H,23,24,25). The van der Waals surface area contributed by atoms with Crippen LogP contribution in [0.15, 0.2) is 66.3 Å². The van der Waals surface area contributed by atoms with E-state index in [2.05, 4.69) is 32.9 Å². The number of carbonyl (C=O) groups excluding carboxylic acids is 1. The maximum absolute atomic E-state index is 12.2. The van der Waals surface area contributed by atoms with Gasteiger partial charge in [0.05, 0.1) is 5.39 Å². The van der Waals surface area contributed by atoms with Gasteiger partial charge in [0.2, 0.25) is 0 Å². The van der Waals surface area contributed by atoms with E-state index in [1.54, 1.807) is 29.8 Å². The number of hydrogen-bond acceptors (Lipinski definition) is 5. The van der Waals surface area contributed by atoms with E-state index in [9.17, 15) is 4.79 Å². The van der Waals surface area contributed by atoms with Crippen molar-refractivity contribution in [1.29, 1.82) is 0 Å². The van der Waals surface area contributed by atoms with Crippen LogP contribution in [0.1, 0.15) is 21.5 Å². The predicted molar refractivity (Wildman–Crippen MR) is 115 cm³/mol. The number of rotatable bonds is 6. The van der Waals surface area contributed by atoms with Gasteiger partial charge in [-0.05, 0) is 54.1 Å². The molecule has 2 heterocycles. The highest BCUT2D eigenvalue weighted by Gasteiger charge is 2.08. The fraction of sp³-hybridized carbons (Fsp3) is 0.136. The molecule has 0 saturated carbocycles. The second kappa shape index (κ2) is 8.19. The summed E-state index contributed by atoms with van der Waals surface area (Å²) in [5.74, 6) is 0.782. The number of benzene rings is 2. The Labute approximate surface area is 167 Å². The number of anilines is 2. The molecule has 0 unspecified atom stereocenters. The van der Waals surface area contributed by atoms with E-state index >= 15 is 0 Å². The van der Waals surface area contributed by atoms with Crippen LogP contribution < -0.4 is 10.6 Å². The topological polar surface area (TPSA) is 66.9 Å². The van der Waals surface area contributed by atoms with Crippen molar-refractivity contribution in [2.24, 2.45) is 0 Å². The molecule has 5 nitrogen and oxygen atoms in total. The number of fused-ring (bicyclic) bond motifs is 1.